The summed E-state index contributed by atoms with van der Waals surface area (Å²) in [5.41, 5.74) is 0.259. The van der Waals surface area contributed by atoms with Gasteiger partial charge in [0.25, 0.3) is 0 Å². The molecule has 0 aromatic heterocycles. The number of hydrogen-bond donors (Lipinski definition) is 0. The highest BCUT2D eigenvalue weighted by Gasteiger charge is 2.25. The van der Waals surface area contributed by atoms with Gasteiger partial charge in [0.1, 0.15) is 27.7 Å². The van der Waals surface area contributed by atoms with Crippen LogP contribution in [0.5, 0.6) is 0 Å². The molecule has 0 aliphatic carbocycles. The summed E-state index contributed by atoms with van der Waals surface area (Å²) >= 11 is -1.43. The van der Waals surface area contributed by atoms with Gasteiger partial charge in [0.05, 0.1) is 6.21 Å². The fourth-order valence-corrected chi connectivity index (χ4v) is 1.45. The molecule has 2 nitrogen and oxygen atoms in total. The van der Waals surface area contributed by atoms with Crippen molar-refractivity contribution < 1.29 is 13.3 Å². The fourth-order valence-electron chi connectivity index (χ4n) is 0.917. The maximum absolute atomic E-state index is 12.8. The van der Waals surface area contributed by atoms with Gasteiger partial charge < -0.3 is 4.55 Å². The van der Waals surface area contributed by atoms with Gasteiger partial charge in [-0.25, -0.2) is 8.78 Å². The summed E-state index contributed by atoms with van der Waals surface area (Å²) in [6.07, 6.45) is 1.22. The molecular formula is C11H13F2NOS. The number of nitrogens with zero attached hydrogens (tertiary/aromatic N) is 1. The summed E-state index contributed by atoms with van der Waals surface area (Å²) in [7, 11) is 0. The Morgan fingerprint density at radius 3 is 2.12 bits per heavy atom. The highest BCUT2D eigenvalue weighted by Crippen LogP contribution is 2.17. The van der Waals surface area contributed by atoms with Crippen LogP contribution in [-0.2, 0) is 11.4 Å². The average Bonchev–Trinajstić information content (AvgIpc) is 2.11. The number of hydrogen-bond acceptors (Lipinski definition) is 2. The van der Waals surface area contributed by atoms with Gasteiger partial charge in [-0.2, -0.15) is 0 Å². The second-order valence-corrected chi connectivity index (χ2v) is 6.23. The zero-order valence-electron chi connectivity index (χ0n) is 9.33. The van der Waals surface area contributed by atoms with Crippen LogP contribution in [0.1, 0.15) is 26.3 Å². The van der Waals surface area contributed by atoms with Gasteiger partial charge in [-0.1, -0.05) is 4.40 Å². The van der Waals surface area contributed by atoms with Crippen LogP contribution in [0, 0.1) is 11.6 Å². The predicted molar refractivity (Wildman–Crippen MR) is 61.8 cm³/mol. The van der Waals surface area contributed by atoms with Crippen molar-refractivity contribution in [2.75, 3.05) is 0 Å². The quantitative estimate of drug-likeness (QED) is 0.583. The summed E-state index contributed by atoms with van der Waals surface area (Å²) in [5.74, 6) is -1.36. The van der Waals surface area contributed by atoms with E-state index in [1.54, 1.807) is 20.8 Å². The Morgan fingerprint density at radius 1 is 1.19 bits per heavy atom. The number of benzene rings is 1. The second kappa shape index (κ2) is 4.93. The van der Waals surface area contributed by atoms with E-state index in [1.165, 1.54) is 6.21 Å². The highest BCUT2D eigenvalue weighted by molar-refractivity contribution is 7.91. The van der Waals surface area contributed by atoms with Crippen LogP contribution in [0.15, 0.2) is 22.6 Å². The summed E-state index contributed by atoms with van der Waals surface area (Å²) in [5, 5.41) is 0. The zero-order chi connectivity index (χ0) is 12.3. The Hall–Kier alpha value is -0.940. The Kier molecular flexibility index (Phi) is 4.04. The molecule has 1 aromatic carbocycles. The summed E-state index contributed by atoms with van der Waals surface area (Å²) in [6.45, 7) is 5.31. The van der Waals surface area contributed by atoms with E-state index in [-0.39, 0.29) is 5.56 Å². The smallest absolute Gasteiger partial charge is 0.144 e. The van der Waals surface area contributed by atoms with Crippen LogP contribution >= 0.6 is 0 Å². The van der Waals surface area contributed by atoms with E-state index < -0.39 is 27.7 Å². The first-order valence-electron chi connectivity index (χ1n) is 4.71. The molecule has 5 heteroatoms. The molecule has 0 amide bonds. The first-order chi connectivity index (χ1) is 7.29. The SMILES string of the molecule is CC(C)(C)[S@+]([O-])N=Cc1cc(F)cc(F)c1. The topological polar surface area (TPSA) is 35.4 Å². The summed E-state index contributed by atoms with van der Waals surface area (Å²) in [4.78, 5) is 0. The minimum Gasteiger partial charge on any atom is -0.591 e. The zero-order valence-corrected chi connectivity index (χ0v) is 10.1. The lowest BCUT2D eigenvalue weighted by Crippen LogP contribution is -2.25. The van der Waals surface area contributed by atoms with E-state index in [9.17, 15) is 13.3 Å². The molecule has 1 aromatic rings. The van der Waals surface area contributed by atoms with E-state index in [0.29, 0.717) is 0 Å². The van der Waals surface area contributed by atoms with Crippen LogP contribution in [0.25, 0.3) is 0 Å². The average molecular weight is 245 g/mol. The van der Waals surface area contributed by atoms with Gasteiger partial charge in [0, 0.05) is 11.6 Å². The third-order valence-electron chi connectivity index (χ3n) is 1.71. The molecule has 1 atom stereocenters. The molecule has 0 heterocycles. The second-order valence-electron chi connectivity index (χ2n) is 4.30. The summed E-state index contributed by atoms with van der Waals surface area (Å²) < 4.78 is 40.4. The Labute approximate surface area is 96.7 Å². The first kappa shape index (κ1) is 13.1. The molecule has 0 unspecified atom stereocenters. The predicted octanol–water partition coefficient (Wildman–Crippen LogP) is 2.85. The molecule has 88 valence electrons. The number of halogens is 2. The molecule has 0 fully saturated rings. The Bertz CT molecular complexity index is 381. The van der Waals surface area contributed by atoms with Crippen LogP contribution in [0.4, 0.5) is 8.78 Å². The minimum absolute atomic E-state index is 0.259. The largest absolute Gasteiger partial charge is 0.591 e. The lowest BCUT2D eigenvalue weighted by atomic mass is 10.2. The van der Waals surface area contributed by atoms with Crippen molar-refractivity contribution in [1.82, 2.24) is 0 Å². The minimum atomic E-state index is -1.43. The lowest BCUT2D eigenvalue weighted by Gasteiger charge is -2.17. The van der Waals surface area contributed by atoms with Crippen LogP contribution in [0.2, 0.25) is 0 Å². The molecule has 0 radical (unpaired) electrons. The van der Waals surface area contributed by atoms with Gasteiger partial charge in [-0.15, -0.1) is 0 Å². The van der Waals surface area contributed by atoms with E-state index in [2.05, 4.69) is 4.40 Å². The van der Waals surface area contributed by atoms with Crippen molar-refractivity contribution in [3.63, 3.8) is 0 Å². The molecule has 0 aliphatic rings. The molecule has 0 aliphatic heterocycles. The van der Waals surface area contributed by atoms with E-state index >= 15 is 0 Å². The third kappa shape index (κ3) is 3.90. The van der Waals surface area contributed by atoms with Crippen molar-refractivity contribution in [1.29, 1.82) is 0 Å². The lowest BCUT2D eigenvalue weighted by molar-refractivity contribution is 0.561. The van der Waals surface area contributed by atoms with Crippen LogP contribution < -0.4 is 0 Å². The molecule has 0 N–H and O–H groups in total. The fraction of sp³-hybridized carbons (Fsp3) is 0.364. The molecular weight excluding hydrogens is 232 g/mol. The maximum atomic E-state index is 12.8. The monoisotopic (exact) mass is 245 g/mol. The Balaban J connectivity index is 2.84. The maximum Gasteiger partial charge on any atom is 0.144 e. The van der Waals surface area contributed by atoms with Crippen LogP contribution in [0.3, 0.4) is 0 Å². The number of rotatable bonds is 2. The van der Waals surface area contributed by atoms with Crippen molar-refractivity contribution in [2.24, 2.45) is 4.40 Å². The van der Waals surface area contributed by atoms with Crippen LogP contribution in [-0.4, -0.2) is 15.5 Å². The third-order valence-corrected chi connectivity index (χ3v) is 3.05. The highest BCUT2D eigenvalue weighted by atomic mass is 32.2. The standard InChI is InChI=1S/C11H13F2NOS/c1-11(2,3)16(15)14-7-8-4-9(12)6-10(13)5-8/h4-7H,1-3H3/t16-/m0/s1. The van der Waals surface area contributed by atoms with Crippen molar-refractivity contribution in [2.45, 2.75) is 25.5 Å². The normalized spacial score (nSPS) is 14.4. The van der Waals surface area contributed by atoms with Crippen molar-refractivity contribution >= 4 is 17.6 Å². The molecule has 1 rings (SSSR count). The van der Waals surface area contributed by atoms with Gasteiger partial charge in [-0.3, -0.25) is 0 Å². The molecule has 16 heavy (non-hydrogen) atoms. The Morgan fingerprint density at radius 2 is 1.69 bits per heavy atom. The molecule has 0 spiro atoms. The van der Waals surface area contributed by atoms with E-state index in [0.717, 1.165) is 18.2 Å². The molecule has 0 saturated heterocycles. The van der Waals surface area contributed by atoms with Crippen molar-refractivity contribution in [3.8, 4) is 0 Å². The van der Waals surface area contributed by atoms with E-state index in [4.69, 9.17) is 0 Å². The van der Waals surface area contributed by atoms with Crippen molar-refractivity contribution in [3.05, 3.63) is 35.4 Å². The summed E-state index contributed by atoms with van der Waals surface area (Å²) in [6, 6.07) is 3.04. The van der Waals surface area contributed by atoms with Gasteiger partial charge in [0.15, 0.2) is 0 Å². The van der Waals surface area contributed by atoms with Gasteiger partial charge in [0.2, 0.25) is 0 Å². The molecule has 0 bridgehead atoms. The van der Waals surface area contributed by atoms with Gasteiger partial charge in [-0.05, 0) is 32.9 Å². The molecule has 0 saturated carbocycles. The van der Waals surface area contributed by atoms with Gasteiger partial charge >= 0.3 is 0 Å². The first-order valence-corrected chi connectivity index (χ1v) is 5.82. The van der Waals surface area contributed by atoms with E-state index in [1.807, 2.05) is 0 Å².